The zero-order valence-corrected chi connectivity index (χ0v) is 20.9. The number of hydrogen-bond donors (Lipinski definition) is 0. The number of benzene rings is 2. The first kappa shape index (κ1) is 24.9. The molecule has 1 saturated heterocycles. The summed E-state index contributed by atoms with van der Waals surface area (Å²) < 4.78 is 7.02. The molecular formula is C29H35N3O3. The van der Waals surface area contributed by atoms with Crippen LogP contribution in [0.15, 0.2) is 77.7 Å². The molecule has 0 N–H and O–H groups in total. The number of aromatic nitrogens is 1. The maximum atomic E-state index is 14.0. The Hall–Kier alpha value is -3.22. The van der Waals surface area contributed by atoms with Crippen LogP contribution in [-0.2, 0) is 11.8 Å². The van der Waals surface area contributed by atoms with Crippen molar-refractivity contribution in [1.82, 2.24) is 14.4 Å². The number of morpholine rings is 1. The Morgan fingerprint density at radius 3 is 2.11 bits per heavy atom. The Morgan fingerprint density at radius 1 is 1.00 bits per heavy atom. The molecule has 3 aromatic rings. The molecule has 2 heterocycles. The van der Waals surface area contributed by atoms with E-state index in [1.165, 1.54) is 15.7 Å². The predicted molar refractivity (Wildman–Crippen MR) is 139 cm³/mol. The summed E-state index contributed by atoms with van der Waals surface area (Å²) in [6.45, 7) is 8.37. The first-order valence-corrected chi connectivity index (χ1v) is 12.3. The lowest BCUT2D eigenvalue weighted by atomic mass is 9.90. The Bertz CT molecular complexity index is 1110. The average molecular weight is 474 g/mol. The van der Waals surface area contributed by atoms with Crippen LogP contribution in [0.25, 0.3) is 0 Å². The van der Waals surface area contributed by atoms with Gasteiger partial charge in [-0.25, -0.2) is 0 Å². The molecule has 0 aliphatic carbocycles. The van der Waals surface area contributed by atoms with E-state index in [2.05, 4.69) is 36.1 Å². The topological polar surface area (TPSA) is 54.8 Å². The summed E-state index contributed by atoms with van der Waals surface area (Å²) in [6.07, 6.45) is 1.66. The van der Waals surface area contributed by atoms with Gasteiger partial charge in [0.1, 0.15) is 0 Å². The minimum Gasteiger partial charge on any atom is -0.379 e. The van der Waals surface area contributed by atoms with E-state index in [9.17, 15) is 9.59 Å². The first-order valence-electron chi connectivity index (χ1n) is 12.3. The SMILES string of the molecule is Cc1cc(C(=O)N(CC(c2ccccc2)c2ccccc2)C(C)CN2CCOCC2)cn(C)c1=O. The second kappa shape index (κ2) is 11.5. The number of aryl methyl sites for hydroxylation is 2. The highest BCUT2D eigenvalue weighted by Gasteiger charge is 2.28. The van der Waals surface area contributed by atoms with Gasteiger partial charge in [-0.3, -0.25) is 14.5 Å². The predicted octanol–water partition coefficient (Wildman–Crippen LogP) is 3.69. The van der Waals surface area contributed by atoms with Crippen LogP contribution in [0.5, 0.6) is 0 Å². The normalized spacial score (nSPS) is 15.2. The van der Waals surface area contributed by atoms with Gasteiger partial charge in [0.15, 0.2) is 0 Å². The number of nitrogens with zero attached hydrogens (tertiary/aromatic N) is 3. The van der Waals surface area contributed by atoms with Crippen molar-refractivity contribution in [2.24, 2.45) is 7.05 Å². The highest BCUT2D eigenvalue weighted by Crippen LogP contribution is 2.27. The van der Waals surface area contributed by atoms with Gasteiger partial charge in [-0.1, -0.05) is 60.7 Å². The van der Waals surface area contributed by atoms with Crippen LogP contribution in [0.1, 0.15) is 39.9 Å². The maximum absolute atomic E-state index is 14.0. The summed E-state index contributed by atoms with van der Waals surface area (Å²) in [5, 5.41) is 0. The molecule has 1 atom stereocenters. The number of rotatable bonds is 8. The van der Waals surface area contributed by atoms with Crippen LogP contribution < -0.4 is 5.56 Å². The van der Waals surface area contributed by atoms with Crippen molar-refractivity contribution in [3.63, 3.8) is 0 Å². The fraction of sp³-hybridized carbons (Fsp3) is 0.379. The zero-order valence-electron chi connectivity index (χ0n) is 20.9. The number of carbonyl (C=O) groups excluding carboxylic acids is 1. The molecule has 0 bridgehead atoms. The third-order valence-electron chi connectivity index (χ3n) is 6.81. The van der Waals surface area contributed by atoms with Crippen LogP contribution in [-0.4, -0.2) is 65.7 Å². The molecule has 0 spiro atoms. The van der Waals surface area contributed by atoms with E-state index in [0.29, 0.717) is 17.7 Å². The van der Waals surface area contributed by atoms with Crippen LogP contribution in [0, 0.1) is 6.92 Å². The quantitative estimate of drug-likeness (QED) is 0.501. The van der Waals surface area contributed by atoms with Crippen molar-refractivity contribution in [3.8, 4) is 0 Å². The number of carbonyl (C=O) groups is 1. The highest BCUT2D eigenvalue weighted by atomic mass is 16.5. The van der Waals surface area contributed by atoms with Crippen molar-refractivity contribution in [2.45, 2.75) is 25.8 Å². The molecule has 1 unspecified atom stereocenters. The summed E-state index contributed by atoms with van der Waals surface area (Å²) in [5.41, 5.74) is 3.37. The van der Waals surface area contributed by atoms with Gasteiger partial charge in [0.2, 0.25) is 0 Å². The lowest BCUT2D eigenvalue weighted by molar-refractivity contribution is 0.0234. The summed E-state index contributed by atoms with van der Waals surface area (Å²) in [6, 6.07) is 22.4. The molecule has 0 saturated carbocycles. The zero-order chi connectivity index (χ0) is 24.8. The molecule has 1 aromatic heterocycles. The molecule has 1 aliphatic rings. The molecule has 1 amide bonds. The Morgan fingerprint density at radius 2 is 1.57 bits per heavy atom. The van der Waals surface area contributed by atoms with Crippen LogP contribution in [0.3, 0.4) is 0 Å². The maximum Gasteiger partial charge on any atom is 0.255 e. The van der Waals surface area contributed by atoms with Gasteiger partial charge in [-0.2, -0.15) is 0 Å². The molecule has 0 radical (unpaired) electrons. The van der Waals surface area contributed by atoms with Gasteiger partial charge >= 0.3 is 0 Å². The van der Waals surface area contributed by atoms with E-state index in [1.807, 2.05) is 41.3 Å². The van der Waals surface area contributed by atoms with E-state index in [4.69, 9.17) is 4.74 Å². The summed E-state index contributed by atoms with van der Waals surface area (Å²) in [4.78, 5) is 30.6. The van der Waals surface area contributed by atoms with E-state index >= 15 is 0 Å². The van der Waals surface area contributed by atoms with Crippen molar-refractivity contribution >= 4 is 5.91 Å². The fourth-order valence-corrected chi connectivity index (χ4v) is 4.85. The number of hydrogen-bond acceptors (Lipinski definition) is 4. The van der Waals surface area contributed by atoms with Crippen LogP contribution >= 0.6 is 0 Å². The summed E-state index contributed by atoms with van der Waals surface area (Å²) >= 11 is 0. The van der Waals surface area contributed by atoms with Crippen LogP contribution in [0.2, 0.25) is 0 Å². The lowest BCUT2D eigenvalue weighted by Gasteiger charge is -2.37. The van der Waals surface area contributed by atoms with E-state index in [0.717, 1.165) is 32.8 Å². The smallest absolute Gasteiger partial charge is 0.255 e. The molecule has 184 valence electrons. The van der Waals surface area contributed by atoms with Crippen molar-refractivity contribution in [2.75, 3.05) is 39.4 Å². The van der Waals surface area contributed by atoms with Gasteiger partial charge in [-0.15, -0.1) is 0 Å². The van der Waals surface area contributed by atoms with Gasteiger partial charge in [0.05, 0.1) is 18.8 Å². The van der Waals surface area contributed by atoms with Crippen LogP contribution in [0.4, 0.5) is 0 Å². The molecule has 6 nitrogen and oxygen atoms in total. The van der Waals surface area contributed by atoms with E-state index < -0.39 is 0 Å². The standard InChI is InChI=1S/C29H35N3O3/c1-22-18-26(20-30(3)28(22)33)29(34)32(23(2)19-31-14-16-35-17-15-31)21-27(24-10-6-4-7-11-24)25-12-8-5-9-13-25/h4-13,18,20,23,27H,14-17,19,21H2,1-3H3. The second-order valence-corrected chi connectivity index (χ2v) is 9.42. The second-order valence-electron chi connectivity index (χ2n) is 9.42. The Kier molecular flexibility index (Phi) is 8.16. The number of ether oxygens (including phenoxy) is 1. The number of pyridine rings is 1. The molecule has 2 aromatic carbocycles. The Balaban J connectivity index is 1.70. The van der Waals surface area contributed by atoms with Gasteiger partial charge in [0, 0.05) is 56.9 Å². The molecule has 6 heteroatoms. The molecule has 4 rings (SSSR count). The molecule has 1 fully saturated rings. The average Bonchev–Trinajstić information content (AvgIpc) is 2.89. The lowest BCUT2D eigenvalue weighted by Crippen LogP contribution is -2.49. The summed E-state index contributed by atoms with van der Waals surface area (Å²) in [5.74, 6) is -0.0246. The third kappa shape index (κ3) is 6.08. The summed E-state index contributed by atoms with van der Waals surface area (Å²) in [7, 11) is 1.70. The van der Waals surface area contributed by atoms with Crippen molar-refractivity contribution in [1.29, 1.82) is 0 Å². The highest BCUT2D eigenvalue weighted by molar-refractivity contribution is 5.94. The minimum absolute atomic E-state index is 0.0203. The van der Waals surface area contributed by atoms with Crippen molar-refractivity contribution < 1.29 is 9.53 Å². The minimum atomic E-state index is -0.0825. The van der Waals surface area contributed by atoms with E-state index in [-0.39, 0.29) is 23.4 Å². The van der Waals surface area contributed by atoms with Gasteiger partial charge in [0.25, 0.3) is 11.5 Å². The largest absolute Gasteiger partial charge is 0.379 e. The van der Waals surface area contributed by atoms with E-state index in [1.54, 1.807) is 26.2 Å². The first-order chi connectivity index (χ1) is 16.9. The van der Waals surface area contributed by atoms with Gasteiger partial charge in [-0.05, 0) is 31.0 Å². The van der Waals surface area contributed by atoms with Crippen molar-refractivity contribution in [3.05, 3.63) is 106 Å². The monoisotopic (exact) mass is 473 g/mol. The Labute approximate surface area is 207 Å². The molecular weight excluding hydrogens is 438 g/mol. The fourth-order valence-electron chi connectivity index (χ4n) is 4.85. The third-order valence-corrected chi connectivity index (χ3v) is 6.81. The van der Waals surface area contributed by atoms with Gasteiger partial charge < -0.3 is 14.2 Å². The molecule has 1 aliphatic heterocycles. The molecule has 35 heavy (non-hydrogen) atoms. The number of amides is 1.